The fraction of sp³-hybridized carbons (Fsp3) is 0.350. The van der Waals surface area contributed by atoms with Crippen LogP contribution in [0.3, 0.4) is 0 Å². The molecule has 0 bridgehead atoms. The number of carbonyl (C=O) groups is 1. The van der Waals surface area contributed by atoms with E-state index in [0.29, 0.717) is 22.9 Å². The molecule has 1 aliphatic rings. The van der Waals surface area contributed by atoms with Crippen molar-refractivity contribution in [3.8, 4) is 0 Å². The molecule has 1 unspecified atom stereocenters. The quantitative estimate of drug-likeness (QED) is 0.641. The maximum atomic E-state index is 13.9. The van der Waals surface area contributed by atoms with Crippen molar-refractivity contribution < 1.29 is 9.18 Å². The SMILES string of the molecule is CC(C)N1C(=O)CCC(c2cc(F)cc(Cl)c2)[C@H]1c1ccc(Cl)cc1. The van der Waals surface area contributed by atoms with Gasteiger partial charge in [-0.15, -0.1) is 0 Å². The molecule has 5 heteroatoms. The molecule has 1 amide bonds. The highest BCUT2D eigenvalue weighted by Crippen LogP contribution is 2.44. The predicted octanol–water partition coefficient (Wildman–Crippen LogP) is 5.99. The molecule has 0 aliphatic carbocycles. The summed E-state index contributed by atoms with van der Waals surface area (Å²) in [6, 6.07) is 12.0. The van der Waals surface area contributed by atoms with Crippen LogP contribution in [-0.4, -0.2) is 16.8 Å². The van der Waals surface area contributed by atoms with Crippen molar-refractivity contribution in [1.82, 2.24) is 4.90 Å². The lowest BCUT2D eigenvalue weighted by Crippen LogP contribution is -2.45. The van der Waals surface area contributed by atoms with E-state index in [0.717, 1.165) is 11.1 Å². The summed E-state index contributed by atoms with van der Waals surface area (Å²) in [5.74, 6) is -0.256. The molecule has 0 saturated carbocycles. The van der Waals surface area contributed by atoms with Gasteiger partial charge in [-0.3, -0.25) is 4.79 Å². The Hall–Kier alpha value is -1.58. The molecule has 1 saturated heterocycles. The van der Waals surface area contributed by atoms with Crippen molar-refractivity contribution >= 4 is 29.1 Å². The zero-order valence-corrected chi connectivity index (χ0v) is 15.7. The minimum Gasteiger partial charge on any atom is -0.333 e. The predicted molar refractivity (Wildman–Crippen MR) is 99.6 cm³/mol. The Morgan fingerprint density at radius 3 is 2.32 bits per heavy atom. The van der Waals surface area contributed by atoms with Gasteiger partial charge >= 0.3 is 0 Å². The molecule has 3 rings (SSSR count). The number of hydrogen-bond donors (Lipinski definition) is 0. The number of hydrogen-bond acceptors (Lipinski definition) is 1. The highest BCUT2D eigenvalue weighted by atomic mass is 35.5. The van der Waals surface area contributed by atoms with E-state index in [-0.39, 0.29) is 29.7 Å². The Bertz CT molecular complexity index is 756. The molecular weight excluding hydrogens is 360 g/mol. The molecule has 0 spiro atoms. The third kappa shape index (κ3) is 3.83. The number of benzene rings is 2. The molecule has 0 aromatic heterocycles. The van der Waals surface area contributed by atoms with Crippen LogP contribution in [0.2, 0.25) is 10.0 Å². The number of carbonyl (C=O) groups excluding carboxylic acids is 1. The van der Waals surface area contributed by atoms with Crippen LogP contribution in [0.5, 0.6) is 0 Å². The first-order valence-electron chi connectivity index (χ1n) is 8.39. The van der Waals surface area contributed by atoms with E-state index >= 15 is 0 Å². The van der Waals surface area contributed by atoms with E-state index in [2.05, 4.69) is 0 Å². The van der Waals surface area contributed by atoms with Crippen LogP contribution in [-0.2, 0) is 4.79 Å². The van der Waals surface area contributed by atoms with E-state index in [1.807, 2.05) is 43.0 Å². The summed E-state index contributed by atoms with van der Waals surface area (Å²) in [6.07, 6.45) is 1.11. The number of likely N-dealkylation sites (tertiary alicyclic amines) is 1. The Morgan fingerprint density at radius 2 is 1.72 bits per heavy atom. The van der Waals surface area contributed by atoms with Gasteiger partial charge in [0.05, 0.1) is 6.04 Å². The summed E-state index contributed by atoms with van der Waals surface area (Å²) in [6.45, 7) is 4.00. The summed E-state index contributed by atoms with van der Waals surface area (Å²) in [5.41, 5.74) is 1.82. The van der Waals surface area contributed by atoms with Crippen molar-refractivity contribution in [2.75, 3.05) is 0 Å². The van der Waals surface area contributed by atoms with Gasteiger partial charge in [0.25, 0.3) is 0 Å². The monoisotopic (exact) mass is 379 g/mol. The van der Waals surface area contributed by atoms with Gasteiger partial charge in [0, 0.05) is 28.4 Å². The fourth-order valence-corrected chi connectivity index (χ4v) is 4.07. The zero-order chi connectivity index (χ0) is 18.1. The maximum Gasteiger partial charge on any atom is 0.223 e. The first-order chi connectivity index (χ1) is 11.9. The van der Waals surface area contributed by atoms with Crippen LogP contribution in [0.15, 0.2) is 42.5 Å². The summed E-state index contributed by atoms with van der Waals surface area (Å²) < 4.78 is 13.9. The fourth-order valence-electron chi connectivity index (χ4n) is 3.72. The van der Waals surface area contributed by atoms with Gasteiger partial charge in [-0.25, -0.2) is 4.39 Å². The van der Waals surface area contributed by atoms with Crippen molar-refractivity contribution in [1.29, 1.82) is 0 Å². The average molecular weight is 380 g/mol. The largest absolute Gasteiger partial charge is 0.333 e. The number of amides is 1. The lowest BCUT2D eigenvalue weighted by Gasteiger charge is -2.44. The molecule has 2 atom stereocenters. The molecule has 132 valence electrons. The lowest BCUT2D eigenvalue weighted by atomic mass is 9.79. The second-order valence-corrected chi connectivity index (χ2v) is 7.61. The number of rotatable bonds is 3. The van der Waals surface area contributed by atoms with Crippen molar-refractivity contribution in [3.05, 3.63) is 69.5 Å². The smallest absolute Gasteiger partial charge is 0.223 e. The van der Waals surface area contributed by atoms with Crippen molar-refractivity contribution in [2.45, 2.75) is 44.7 Å². The molecule has 2 aromatic carbocycles. The van der Waals surface area contributed by atoms with Crippen LogP contribution in [0, 0.1) is 5.82 Å². The Kier molecular flexibility index (Phi) is 5.35. The zero-order valence-electron chi connectivity index (χ0n) is 14.2. The first kappa shape index (κ1) is 18.2. The van der Waals surface area contributed by atoms with Gasteiger partial charge in [0.1, 0.15) is 5.82 Å². The molecule has 0 radical (unpaired) electrons. The highest BCUT2D eigenvalue weighted by molar-refractivity contribution is 6.30. The normalized spacial score (nSPS) is 21.0. The minimum absolute atomic E-state index is 0.0190. The van der Waals surface area contributed by atoms with E-state index in [1.165, 1.54) is 12.1 Å². The Morgan fingerprint density at radius 1 is 1.04 bits per heavy atom. The second-order valence-electron chi connectivity index (χ2n) is 6.74. The minimum atomic E-state index is -0.356. The van der Waals surface area contributed by atoms with Crippen LogP contribution in [0.25, 0.3) is 0 Å². The van der Waals surface area contributed by atoms with E-state index in [1.54, 1.807) is 6.07 Å². The standard InChI is InChI=1S/C20H20Cl2FNO/c1-12(2)24-19(25)8-7-18(14-9-16(22)11-17(23)10-14)20(24)13-3-5-15(21)6-4-13/h3-6,9-12,18,20H,7-8H2,1-2H3/t18?,20-/m1/s1. The van der Waals surface area contributed by atoms with Gasteiger partial charge in [-0.2, -0.15) is 0 Å². The molecule has 1 heterocycles. The lowest BCUT2D eigenvalue weighted by molar-refractivity contribution is -0.139. The van der Waals surface area contributed by atoms with E-state index in [9.17, 15) is 9.18 Å². The molecule has 2 aromatic rings. The molecule has 1 fully saturated rings. The molecule has 0 N–H and O–H groups in total. The van der Waals surface area contributed by atoms with Gasteiger partial charge in [0.15, 0.2) is 0 Å². The first-order valence-corrected chi connectivity index (χ1v) is 9.15. The second kappa shape index (κ2) is 7.35. The van der Waals surface area contributed by atoms with E-state index < -0.39 is 0 Å². The number of piperidine rings is 1. The number of nitrogens with zero attached hydrogens (tertiary/aromatic N) is 1. The maximum absolute atomic E-state index is 13.9. The van der Waals surface area contributed by atoms with Gasteiger partial charge in [-0.1, -0.05) is 35.3 Å². The van der Waals surface area contributed by atoms with Crippen molar-refractivity contribution in [3.63, 3.8) is 0 Å². The third-order valence-electron chi connectivity index (χ3n) is 4.72. The Labute approximate surface area is 157 Å². The number of halogens is 3. The summed E-state index contributed by atoms with van der Waals surface area (Å²) >= 11 is 12.1. The topological polar surface area (TPSA) is 20.3 Å². The summed E-state index contributed by atoms with van der Waals surface area (Å²) in [4.78, 5) is 14.5. The Balaban J connectivity index is 2.10. The molecule has 25 heavy (non-hydrogen) atoms. The van der Waals surface area contributed by atoms with Crippen LogP contribution in [0.4, 0.5) is 4.39 Å². The molecular formula is C20H20Cl2FNO. The van der Waals surface area contributed by atoms with Gasteiger partial charge in [-0.05, 0) is 61.7 Å². The van der Waals surface area contributed by atoms with Gasteiger partial charge in [0.2, 0.25) is 5.91 Å². The van der Waals surface area contributed by atoms with Gasteiger partial charge < -0.3 is 4.90 Å². The van der Waals surface area contributed by atoms with Crippen LogP contribution < -0.4 is 0 Å². The van der Waals surface area contributed by atoms with Crippen LogP contribution >= 0.6 is 23.2 Å². The molecule has 2 nitrogen and oxygen atoms in total. The summed E-state index contributed by atoms with van der Waals surface area (Å²) in [5, 5.41) is 1.02. The summed E-state index contributed by atoms with van der Waals surface area (Å²) in [7, 11) is 0. The van der Waals surface area contributed by atoms with Crippen molar-refractivity contribution in [2.24, 2.45) is 0 Å². The van der Waals surface area contributed by atoms with Crippen LogP contribution in [0.1, 0.15) is 49.8 Å². The van der Waals surface area contributed by atoms with E-state index in [4.69, 9.17) is 23.2 Å². The third-order valence-corrected chi connectivity index (χ3v) is 5.19. The highest BCUT2D eigenvalue weighted by Gasteiger charge is 2.39. The average Bonchev–Trinajstić information content (AvgIpc) is 2.54. The molecule has 1 aliphatic heterocycles.